The van der Waals surface area contributed by atoms with Gasteiger partial charge in [0.2, 0.25) is 0 Å². The van der Waals surface area contributed by atoms with Gasteiger partial charge in [0.1, 0.15) is 22.8 Å². The van der Waals surface area contributed by atoms with Crippen molar-refractivity contribution in [2.45, 2.75) is 18.4 Å². The van der Waals surface area contributed by atoms with Crippen LogP contribution in [0.1, 0.15) is 28.9 Å². The molecule has 1 N–H and O–H groups in total. The highest BCUT2D eigenvalue weighted by Crippen LogP contribution is 2.91. The summed E-state index contributed by atoms with van der Waals surface area (Å²) in [5.74, 6) is 0.0191. The number of carbonyl (C=O) groups excluding carboxylic acids is 2. The molecule has 4 atom stereocenters. The van der Waals surface area contributed by atoms with Crippen LogP contribution in [0.5, 0.6) is 11.5 Å². The van der Waals surface area contributed by atoms with Crippen LogP contribution in [0.4, 0.5) is 10.2 Å². The smallest absolute Gasteiger partial charge is 0.270 e. The predicted octanol–water partition coefficient (Wildman–Crippen LogP) is 3.29. The van der Waals surface area contributed by atoms with Crippen LogP contribution >= 0.6 is 0 Å². The zero-order valence-corrected chi connectivity index (χ0v) is 17.4. The normalized spacial score (nSPS) is 28.8. The molecule has 2 saturated carbocycles. The Balaban J connectivity index is 1.27. The average Bonchev–Trinajstić information content (AvgIpc) is 3.63. The van der Waals surface area contributed by atoms with Gasteiger partial charge < -0.3 is 10.1 Å². The molecule has 2 aromatic heterocycles. The molecule has 2 bridgehead atoms. The highest BCUT2D eigenvalue weighted by atomic mass is 19.1. The van der Waals surface area contributed by atoms with Gasteiger partial charge in [0.25, 0.3) is 11.8 Å². The van der Waals surface area contributed by atoms with Crippen molar-refractivity contribution in [3.05, 3.63) is 78.0 Å². The van der Waals surface area contributed by atoms with Crippen molar-refractivity contribution in [3.63, 3.8) is 0 Å². The van der Waals surface area contributed by atoms with Gasteiger partial charge >= 0.3 is 0 Å². The quantitative estimate of drug-likeness (QED) is 0.687. The maximum atomic E-state index is 13.9. The molecule has 0 spiro atoms. The Morgan fingerprint density at radius 3 is 2.72 bits per heavy atom. The van der Waals surface area contributed by atoms with E-state index in [1.807, 2.05) is 19.1 Å². The number of hydrogen-bond acceptors (Lipinski definition) is 5. The zero-order chi connectivity index (χ0) is 22.3. The zero-order valence-electron chi connectivity index (χ0n) is 17.4. The number of nitrogens with one attached hydrogen (secondary N) is 1. The fraction of sp³-hybridized carbons (Fsp3) is 0.250. The number of amides is 2. The fourth-order valence-corrected chi connectivity index (χ4v) is 5.51. The first-order chi connectivity index (χ1) is 15.4. The number of aromatic nitrogens is 2. The second kappa shape index (κ2) is 6.12. The molecule has 2 amide bonds. The predicted molar refractivity (Wildman–Crippen MR) is 113 cm³/mol. The Labute approximate surface area is 183 Å². The molecule has 2 fully saturated rings. The lowest BCUT2D eigenvalue weighted by molar-refractivity contribution is -0.123. The number of benzene rings is 1. The van der Waals surface area contributed by atoms with E-state index in [2.05, 4.69) is 15.3 Å². The average molecular weight is 430 g/mol. The summed E-state index contributed by atoms with van der Waals surface area (Å²) in [5.41, 5.74) is -0.190. The van der Waals surface area contributed by atoms with Crippen LogP contribution in [0.2, 0.25) is 0 Å². The first-order valence-corrected chi connectivity index (χ1v) is 10.3. The molecule has 32 heavy (non-hydrogen) atoms. The number of likely N-dealkylation sites (N-methyl/N-ethyl adjacent to an activating group) is 1. The minimum atomic E-state index is -0.978. The Hall–Kier alpha value is -3.81. The van der Waals surface area contributed by atoms with Crippen LogP contribution in [0.3, 0.4) is 0 Å². The second-order valence-corrected chi connectivity index (χ2v) is 8.69. The highest BCUT2D eigenvalue weighted by Gasteiger charge is 2.98. The van der Waals surface area contributed by atoms with Crippen LogP contribution in [0.15, 0.2) is 60.9 Å². The van der Waals surface area contributed by atoms with Crippen molar-refractivity contribution in [2.75, 3.05) is 11.9 Å². The van der Waals surface area contributed by atoms with Gasteiger partial charge in [0, 0.05) is 42.8 Å². The lowest BCUT2D eigenvalue weighted by atomic mass is 9.86. The molecule has 4 heterocycles. The maximum absolute atomic E-state index is 13.9. The first kappa shape index (κ1) is 18.9. The molecule has 0 unspecified atom stereocenters. The van der Waals surface area contributed by atoms with Gasteiger partial charge in [0.15, 0.2) is 11.6 Å². The Morgan fingerprint density at radius 1 is 1.16 bits per heavy atom. The van der Waals surface area contributed by atoms with Gasteiger partial charge in [-0.05, 0) is 29.8 Å². The van der Waals surface area contributed by atoms with Crippen molar-refractivity contribution in [1.82, 2.24) is 15.3 Å². The molecule has 2 aliphatic carbocycles. The van der Waals surface area contributed by atoms with E-state index in [0.29, 0.717) is 5.82 Å². The van der Waals surface area contributed by atoms with Gasteiger partial charge in [-0.15, -0.1) is 0 Å². The van der Waals surface area contributed by atoms with Gasteiger partial charge in [-0.2, -0.15) is 0 Å². The maximum Gasteiger partial charge on any atom is 0.270 e. The molecule has 3 aromatic rings. The molecule has 0 saturated heterocycles. The Morgan fingerprint density at radius 2 is 1.94 bits per heavy atom. The van der Waals surface area contributed by atoms with E-state index in [-0.39, 0.29) is 40.4 Å². The summed E-state index contributed by atoms with van der Waals surface area (Å²) in [6.45, 7) is 2.03. The molecule has 2 aliphatic heterocycles. The van der Waals surface area contributed by atoms with Crippen LogP contribution in [0.25, 0.3) is 0 Å². The lowest BCUT2D eigenvalue weighted by Gasteiger charge is -2.29. The van der Waals surface area contributed by atoms with Gasteiger partial charge in [0.05, 0.1) is 0 Å². The molecule has 7 nitrogen and oxygen atoms in total. The molecule has 7 rings (SSSR count). The number of ether oxygens (including phenoxy) is 1. The van der Waals surface area contributed by atoms with E-state index in [1.54, 1.807) is 31.4 Å². The molecule has 1 aromatic carbocycles. The van der Waals surface area contributed by atoms with Crippen molar-refractivity contribution < 1.29 is 18.7 Å². The molecular formula is C24H19FN4O3. The molecule has 160 valence electrons. The van der Waals surface area contributed by atoms with E-state index < -0.39 is 17.3 Å². The summed E-state index contributed by atoms with van der Waals surface area (Å²) in [6, 6.07) is 12.9. The van der Waals surface area contributed by atoms with Crippen molar-refractivity contribution in [1.29, 1.82) is 0 Å². The Bertz CT molecular complexity index is 1310. The van der Waals surface area contributed by atoms with E-state index in [0.717, 1.165) is 5.56 Å². The van der Waals surface area contributed by atoms with Gasteiger partial charge in [-0.25, -0.2) is 9.37 Å². The monoisotopic (exact) mass is 430 g/mol. The number of nitrogens with zero attached hydrogens (tertiary/aromatic N) is 3. The Kier molecular flexibility index (Phi) is 3.62. The number of hydrogen-bond donors (Lipinski definition) is 1. The summed E-state index contributed by atoms with van der Waals surface area (Å²) >= 11 is 0. The van der Waals surface area contributed by atoms with Crippen LogP contribution in [-0.4, -0.2) is 34.4 Å². The highest BCUT2D eigenvalue weighted by molar-refractivity contribution is 6.11. The number of fused-ring (bicyclic) bond motifs is 1. The standard InChI is InChI=1S/C24H19FN4O3/c1-23-18-14-6-5-10-27-20(14)29(2)22(31)24(23,19(18)23)28-21(30)16-12-13(9-11-26-16)32-17-8-4-3-7-15(17)25/h3-12,18-19H,1-2H3,(H,28,30)/t18-,19+,23+,24+/m0/s1. The lowest BCUT2D eigenvalue weighted by Crippen LogP contribution is -2.56. The summed E-state index contributed by atoms with van der Waals surface area (Å²) in [6.07, 6.45) is 3.08. The van der Waals surface area contributed by atoms with E-state index in [1.165, 1.54) is 29.3 Å². The number of pyridine rings is 2. The van der Waals surface area contributed by atoms with Crippen LogP contribution in [-0.2, 0) is 4.79 Å². The SMILES string of the molecule is CN1C(=O)[C@]2(NC(=O)c3cc(Oc4ccccc4F)ccn3)[C@@H]3[C@H](c4cccnc41)[C@]32C. The summed E-state index contributed by atoms with van der Waals surface area (Å²) in [4.78, 5) is 36.6. The van der Waals surface area contributed by atoms with Crippen LogP contribution < -0.4 is 15.0 Å². The number of carbonyl (C=O) groups is 2. The molecule has 4 aliphatic rings. The van der Waals surface area contributed by atoms with Gasteiger partial charge in [-0.3, -0.25) is 19.5 Å². The number of rotatable bonds is 4. The fourth-order valence-electron chi connectivity index (χ4n) is 5.51. The minimum Gasteiger partial charge on any atom is -0.454 e. The second-order valence-electron chi connectivity index (χ2n) is 8.69. The van der Waals surface area contributed by atoms with Crippen molar-refractivity contribution in [3.8, 4) is 11.5 Å². The van der Waals surface area contributed by atoms with Crippen LogP contribution in [0, 0.1) is 17.2 Å². The number of halogens is 1. The largest absolute Gasteiger partial charge is 0.454 e. The summed E-state index contributed by atoms with van der Waals surface area (Å²) < 4.78 is 19.5. The van der Waals surface area contributed by atoms with E-state index >= 15 is 0 Å². The molecular weight excluding hydrogens is 411 g/mol. The van der Waals surface area contributed by atoms with E-state index in [4.69, 9.17) is 4.74 Å². The summed E-state index contributed by atoms with van der Waals surface area (Å²) in [5, 5.41) is 2.96. The molecule has 8 heteroatoms. The third kappa shape index (κ3) is 2.24. The minimum absolute atomic E-state index is 0.0252. The summed E-state index contributed by atoms with van der Waals surface area (Å²) in [7, 11) is 1.69. The first-order valence-electron chi connectivity index (χ1n) is 10.3. The number of anilines is 1. The third-order valence-electron chi connectivity index (χ3n) is 7.20. The number of para-hydroxylation sites is 1. The van der Waals surface area contributed by atoms with Gasteiger partial charge in [-0.1, -0.05) is 25.1 Å². The van der Waals surface area contributed by atoms with E-state index in [9.17, 15) is 14.0 Å². The molecule has 0 radical (unpaired) electrons. The third-order valence-corrected chi connectivity index (χ3v) is 7.20. The van der Waals surface area contributed by atoms with Crippen molar-refractivity contribution >= 4 is 17.6 Å². The van der Waals surface area contributed by atoms with Crippen molar-refractivity contribution in [2.24, 2.45) is 11.3 Å². The topological polar surface area (TPSA) is 84.4 Å².